The molecular weight excluding hydrogens is 772 g/mol. The van der Waals surface area contributed by atoms with Crippen LogP contribution >= 0.6 is 0 Å². The van der Waals surface area contributed by atoms with Crippen LogP contribution in [0.25, 0.3) is 11.2 Å². The number of carbonyl (C=O) groups excluding carboxylic acids is 3. The highest BCUT2D eigenvalue weighted by Gasteiger charge is 2.51. The van der Waals surface area contributed by atoms with Crippen molar-refractivity contribution in [3.05, 3.63) is 49.3 Å². The van der Waals surface area contributed by atoms with Crippen LogP contribution in [0.4, 0.5) is 5.95 Å². The Hall–Kier alpha value is -4.88. The van der Waals surface area contributed by atoms with Gasteiger partial charge in [-0.3, -0.25) is 53.3 Å². The van der Waals surface area contributed by atoms with Gasteiger partial charge in [-0.1, -0.05) is 13.8 Å². The quantitative estimate of drug-likeness (QED) is 0.0642. The molecule has 23 nitrogen and oxygen atoms in total. The molecule has 0 spiro atoms. The number of H-pyrrole nitrogens is 2. The maximum Gasteiger partial charge on any atom is 0.330 e. The maximum absolute atomic E-state index is 12.8. The predicted molar refractivity (Wildman–Crippen MR) is 199 cm³/mol. The molecule has 5 atom stereocenters. The number of hydrogen-bond donors (Lipinski definition) is 5. The van der Waals surface area contributed by atoms with Crippen molar-refractivity contribution in [2.75, 3.05) is 77.8 Å². The summed E-state index contributed by atoms with van der Waals surface area (Å²) in [5.74, 6) is -2.28. The summed E-state index contributed by atoms with van der Waals surface area (Å²) in [5.41, 5.74) is -2.94. The van der Waals surface area contributed by atoms with Gasteiger partial charge in [0.25, 0.3) is 11.1 Å². The molecule has 0 bridgehead atoms. The minimum Gasteiger partial charge on any atom is -0.456 e. The number of amides is 1. The molecular formula is C35H50N8O15. The topological polar surface area (TPSA) is 290 Å². The van der Waals surface area contributed by atoms with Gasteiger partial charge in [0, 0.05) is 51.2 Å². The SMILES string of the molecule is CC(=O)O[C@@H]1[C@H](OC(C)=O)[C@@H](COCCOCCOCCN2C[C@H](n3cc(C)c(=O)[nH]c3=O)OC(CO)(CO)C2)O[C@H]1n1cnc2c(=O)[nH]c(NC(=O)C(C)C)nc21. The average molecular weight is 823 g/mol. The van der Waals surface area contributed by atoms with Crippen molar-refractivity contribution in [1.82, 2.24) is 34.0 Å². The first kappa shape index (κ1) is 44.2. The van der Waals surface area contributed by atoms with Crippen molar-refractivity contribution in [2.45, 2.75) is 71.0 Å². The van der Waals surface area contributed by atoms with Crippen LogP contribution in [-0.4, -0.2) is 158 Å². The van der Waals surface area contributed by atoms with Gasteiger partial charge >= 0.3 is 17.6 Å². The van der Waals surface area contributed by atoms with Crippen LogP contribution in [0.15, 0.2) is 26.9 Å². The molecule has 3 aromatic rings. The number of fused-ring (bicyclic) bond motifs is 1. The minimum absolute atomic E-state index is 0.0130. The van der Waals surface area contributed by atoms with Crippen molar-refractivity contribution in [3.63, 3.8) is 0 Å². The normalized spacial score (nSPS) is 22.0. The monoisotopic (exact) mass is 822 g/mol. The van der Waals surface area contributed by atoms with Crippen LogP contribution in [0.2, 0.25) is 0 Å². The number of nitrogens with one attached hydrogen (secondary N) is 3. The van der Waals surface area contributed by atoms with Crippen molar-refractivity contribution in [1.29, 1.82) is 0 Å². The summed E-state index contributed by atoms with van der Waals surface area (Å²) in [6.45, 7) is 7.86. The highest BCUT2D eigenvalue weighted by molar-refractivity contribution is 5.91. The van der Waals surface area contributed by atoms with Gasteiger partial charge in [-0.2, -0.15) is 4.98 Å². The number of aliphatic hydroxyl groups excluding tert-OH is 2. The molecule has 5 N–H and O–H groups in total. The molecule has 1 amide bonds. The number of aromatic nitrogens is 6. The van der Waals surface area contributed by atoms with Gasteiger partial charge in [0.2, 0.25) is 11.9 Å². The van der Waals surface area contributed by atoms with Crippen LogP contribution < -0.4 is 22.1 Å². The number of aromatic amines is 2. The second-order valence-corrected chi connectivity index (χ2v) is 14.2. The highest BCUT2D eigenvalue weighted by Crippen LogP contribution is 2.36. The van der Waals surface area contributed by atoms with Gasteiger partial charge in [0.05, 0.1) is 59.2 Å². The number of morpholine rings is 1. The van der Waals surface area contributed by atoms with Crippen LogP contribution in [0.1, 0.15) is 45.7 Å². The van der Waals surface area contributed by atoms with Gasteiger partial charge in [-0.05, 0) is 6.92 Å². The zero-order valence-corrected chi connectivity index (χ0v) is 32.8. The van der Waals surface area contributed by atoms with E-state index in [0.717, 1.165) is 0 Å². The van der Waals surface area contributed by atoms with Gasteiger partial charge in [-0.25, -0.2) is 9.78 Å². The largest absolute Gasteiger partial charge is 0.456 e. The fraction of sp³-hybridized carbons (Fsp3) is 0.657. The first-order valence-electron chi connectivity index (χ1n) is 18.6. The molecule has 0 saturated carbocycles. The number of rotatable bonds is 19. The molecule has 2 fully saturated rings. The van der Waals surface area contributed by atoms with Gasteiger partial charge in [0.1, 0.15) is 11.7 Å². The lowest BCUT2D eigenvalue weighted by molar-refractivity contribution is -0.215. The van der Waals surface area contributed by atoms with Gasteiger partial charge in [0.15, 0.2) is 35.8 Å². The Kier molecular flexibility index (Phi) is 15.0. The van der Waals surface area contributed by atoms with E-state index < -0.39 is 84.2 Å². The molecule has 0 unspecified atom stereocenters. The lowest BCUT2D eigenvalue weighted by Crippen LogP contribution is -2.59. The van der Waals surface area contributed by atoms with Gasteiger partial charge < -0.3 is 43.4 Å². The van der Waals surface area contributed by atoms with Crippen molar-refractivity contribution >= 4 is 35.0 Å². The Morgan fingerprint density at radius 1 is 0.948 bits per heavy atom. The average Bonchev–Trinajstić information content (AvgIpc) is 3.74. The molecule has 5 rings (SSSR count). The third kappa shape index (κ3) is 10.8. The van der Waals surface area contributed by atoms with E-state index in [0.29, 0.717) is 12.1 Å². The predicted octanol–water partition coefficient (Wildman–Crippen LogP) is -2.06. The zero-order valence-electron chi connectivity index (χ0n) is 32.8. The second-order valence-electron chi connectivity index (χ2n) is 14.2. The number of nitrogens with zero attached hydrogens (tertiary/aromatic N) is 5. The van der Waals surface area contributed by atoms with Gasteiger partial charge in [-0.15, -0.1) is 0 Å². The molecule has 2 saturated heterocycles. The van der Waals surface area contributed by atoms with Crippen molar-refractivity contribution in [2.24, 2.45) is 5.92 Å². The summed E-state index contributed by atoms with van der Waals surface area (Å²) in [4.78, 5) is 88.9. The van der Waals surface area contributed by atoms with E-state index in [9.17, 15) is 39.0 Å². The summed E-state index contributed by atoms with van der Waals surface area (Å²) in [6.07, 6.45) is -2.67. The van der Waals surface area contributed by atoms with E-state index in [1.54, 1.807) is 20.8 Å². The molecule has 5 heterocycles. The number of hydrogen-bond acceptors (Lipinski definition) is 18. The highest BCUT2D eigenvalue weighted by atomic mass is 16.7. The number of imidazole rings is 1. The van der Waals surface area contributed by atoms with E-state index in [-0.39, 0.29) is 75.8 Å². The Morgan fingerprint density at radius 2 is 1.60 bits per heavy atom. The van der Waals surface area contributed by atoms with E-state index in [2.05, 4.69) is 25.3 Å². The first-order chi connectivity index (χ1) is 27.6. The van der Waals surface area contributed by atoms with Crippen LogP contribution in [0.5, 0.6) is 0 Å². The number of ether oxygens (including phenoxy) is 7. The number of anilines is 1. The summed E-state index contributed by atoms with van der Waals surface area (Å²) in [5, 5.41) is 22.6. The summed E-state index contributed by atoms with van der Waals surface area (Å²) in [6, 6.07) is 0. The third-order valence-corrected chi connectivity index (χ3v) is 9.28. The lowest BCUT2D eigenvalue weighted by atomic mass is 10.0. The van der Waals surface area contributed by atoms with E-state index >= 15 is 0 Å². The molecule has 0 aromatic carbocycles. The molecule has 2 aliphatic heterocycles. The van der Waals surface area contributed by atoms with Crippen molar-refractivity contribution < 1.29 is 57.8 Å². The fourth-order valence-electron chi connectivity index (χ4n) is 6.38. The van der Waals surface area contributed by atoms with Crippen molar-refractivity contribution in [3.8, 4) is 0 Å². The Labute approximate surface area is 330 Å². The molecule has 320 valence electrons. The molecule has 2 aliphatic rings. The fourth-order valence-corrected chi connectivity index (χ4v) is 6.38. The molecule has 0 aliphatic carbocycles. The second kappa shape index (κ2) is 19.7. The minimum atomic E-state index is -1.34. The van der Waals surface area contributed by atoms with Crippen LogP contribution in [-0.2, 0) is 47.5 Å². The summed E-state index contributed by atoms with van der Waals surface area (Å²) < 4.78 is 43.0. The van der Waals surface area contributed by atoms with E-state index in [1.807, 2.05) is 4.90 Å². The Morgan fingerprint density at radius 3 is 2.26 bits per heavy atom. The standard InChI is InChI=1S/C35H50N8O15/c1-19(2)29(48)38-33-37-28-25(31(50)39-33)36-18-43(28)32-27(56-22(5)47)26(55-21(4)46)23(57-32)14-54-11-10-53-9-8-52-7-6-41-13-24(58-35(15-41,16-44)17-45)42-12-20(3)30(49)40-34(42)51/h12,18-19,23-24,26-27,32,44-45H,6-11,13-17H2,1-5H3,(H,40,49,51)(H2,37,38,39,48,50)/t23-,24-,26-,27-,32-/m1/s1. The third-order valence-electron chi connectivity index (χ3n) is 9.28. The lowest BCUT2D eigenvalue weighted by Gasteiger charge is -2.44. The molecule has 58 heavy (non-hydrogen) atoms. The number of aliphatic hydroxyl groups is 2. The zero-order chi connectivity index (χ0) is 42.1. The number of carbonyl (C=O) groups is 3. The first-order valence-corrected chi connectivity index (χ1v) is 18.6. The van der Waals surface area contributed by atoms with E-state index in [1.165, 1.54) is 35.5 Å². The molecule has 0 radical (unpaired) electrons. The van der Waals surface area contributed by atoms with Crippen LogP contribution in [0, 0.1) is 12.8 Å². The Bertz CT molecular complexity index is 2080. The van der Waals surface area contributed by atoms with E-state index in [4.69, 9.17) is 33.2 Å². The Balaban J connectivity index is 1.11. The molecule has 3 aromatic heterocycles. The summed E-state index contributed by atoms with van der Waals surface area (Å²) in [7, 11) is 0. The van der Waals surface area contributed by atoms with Crippen LogP contribution in [0.3, 0.4) is 0 Å². The summed E-state index contributed by atoms with van der Waals surface area (Å²) >= 11 is 0. The maximum atomic E-state index is 12.8. The molecule has 23 heteroatoms. The number of aryl methyl sites for hydroxylation is 1. The number of esters is 2. The smallest absolute Gasteiger partial charge is 0.330 e.